The molecule has 0 saturated heterocycles. The largest absolute Gasteiger partial charge is 0.352 e. The molecule has 0 unspecified atom stereocenters. The van der Waals surface area contributed by atoms with E-state index < -0.39 is 0 Å². The van der Waals surface area contributed by atoms with E-state index in [-0.39, 0.29) is 5.91 Å². The molecule has 4 aromatic heterocycles. The molecule has 1 N–H and O–H groups in total. The highest BCUT2D eigenvalue weighted by atomic mass is 16.1. The van der Waals surface area contributed by atoms with E-state index in [0.29, 0.717) is 12.1 Å². The number of fused-ring (bicyclic) bond motifs is 1. The van der Waals surface area contributed by atoms with Crippen molar-refractivity contribution >= 4 is 11.7 Å². The Labute approximate surface area is 198 Å². The molecule has 5 rings (SSSR count). The summed E-state index contributed by atoms with van der Waals surface area (Å²) in [6.07, 6.45) is 9.95. The molecule has 1 amide bonds. The Hall–Kier alpha value is -4.07. The van der Waals surface area contributed by atoms with E-state index in [9.17, 15) is 4.79 Å². The fraction of sp³-hybridized carbons (Fsp3) is 0.269. The molecule has 1 aliphatic heterocycles. The van der Waals surface area contributed by atoms with Crippen molar-refractivity contribution in [3.8, 4) is 11.1 Å². The van der Waals surface area contributed by atoms with Crippen LogP contribution >= 0.6 is 0 Å². The number of hydrogen-bond donors (Lipinski definition) is 1. The van der Waals surface area contributed by atoms with Crippen LogP contribution < -0.4 is 10.2 Å². The number of hydrogen-bond acceptors (Lipinski definition) is 6. The number of rotatable bonds is 5. The quantitative estimate of drug-likeness (QED) is 0.498. The van der Waals surface area contributed by atoms with Crippen molar-refractivity contribution in [2.24, 2.45) is 7.05 Å². The van der Waals surface area contributed by atoms with Gasteiger partial charge in [-0.3, -0.25) is 19.4 Å². The van der Waals surface area contributed by atoms with E-state index >= 15 is 0 Å². The summed E-state index contributed by atoms with van der Waals surface area (Å²) in [7, 11) is 1.93. The van der Waals surface area contributed by atoms with Crippen molar-refractivity contribution in [3.63, 3.8) is 0 Å². The lowest BCUT2D eigenvalue weighted by molar-refractivity contribution is 0.0950. The lowest BCUT2D eigenvalue weighted by Crippen LogP contribution is -2.32. The van der Waals surface area contributed by atoms with Crippen molar-refractivity contribution < 1.29 is 4.79 Å². The Morgan fingerprint density at radius 2 is 2.03 bits per heavy atom. The Bertz CT molecular complexity index is 1350. The zero-order chi connectivity index (χ0) is 23.7. The molecular weight excluding hydrogens is 426 g/mol. The average molecular weight is 454 g/mol. The van der Waals surface area contributed by atoms with Gasteiger partial charge in [-0.25, -0.2) is 4.98 Å². The smallest absolute Gasteiger partial charge is 0.253 e. The second-order valence-corrected chi connectivity index (χ2v) is 8.71. The number of pyridine rings is 3. The number of nitrogens with one attached hydrogen (secondary N) is 1. The van der Waals surface area contributed by atoms with Crippen molar-refractivity contribution in [1.82, 2.24) is 30.0 Å². The first-order chi connectivity index (χ1) is 16.5. The molecule has 34 heavy (non-hydrogen) atoms. The number of anilines is 1. The maximum absolute atomic E-state index is 12.6. The highest BCUT2D eigenvalue weighted by Crippen LogP contribution is 2.29. The van der Waals surface area contributed by atoms with Crippen LogP contribution in [0.2, 0.25) is 0 Å². The molecule has 0 radical (unpaired) electrons. The Balaban J connectivity index is 1.32. The van der Waals surface area contributed by atoms with Gasteiger partial charge >= 0.3 is 0 Å². The lowest BCUT2D eigenvalue weighted by Gasteiger charge is -2.30. The monoisotopic (exact) mass is 453 g/mol. The highest BCUT2D eigenvalue weighted by molar-refractivity contribution is 5.94. The van der Waals surface area contributed by atoms with E-state index in [4.69, 9.17) is 4.98 Å². The molecule has 0 saturated carbocycles. The summed E-state index contributed by atoms with van der Waals surface area (Å²) in [6, 6.07) is 7.91. The second kappa shape index (κ2) is 9.05. The molecule has 1 aliphatic rings. The van der Waals surface area contributed by atoms with Crippen molar-refractivity contribution in [3.05, 3.63) is 88.9 Å². The summed E-state index contributed by atoms with van der Waals surface area (Å²) in [5.41, 5.74) is 7.99. The van der Waals surface area contributed by atoms with Crippen LogP contribution in [0.4, 0.5) is 5.82 Å². The lowest BCUT2D eigenvalue weighted by atomic mass is 10.0. The summed E-state index contributed by atoms with van der Waals surface area (Å²) in [6.45, 7) is 6.02. The summed E-state index contributed by atoms with van der Waals surface area (Å²) in [5.74, 6) is 0.757. The van der Waals surface area contributed by atoms with Crippen LogP contribution in [-0.2, 0) is 26.6 Å². The average Bonchev–Trinajstić information content (AvgIpc) is 3.20. The number of nitrogens with zero attached hydrogens (tertiary/aromatic N) is 6. The van der Waals surface area contributed by atoms with Gasteiger partial charge in [0.25, 0.3) is 5.91 Å². The maximum atomic E-state index is 12.6. The van der Waals surface area contributed by atoms with Crippen molar-refractivity contribution in [2.75, 3.05) is 11.4 Å². The normalized spacial score (nSPS) is 13.0. The van der Waals surface area contributed by atoms with Crippen LogP contribution in [0.25, 0.3) is 11.1 Å². The van der Waals surface area contributed by atoms with Gasteiger partial charge < -0.3 is 10.2 Å². The van der Waals surface area contributed by atoms with Crippen LogP contribution in [-0.4, -0.2) is 37.2 Å². The van der Waals surface area contributed by atoms with Gasteiger partial charge in [0.15, 0.2) is 0 Å². The predicted octanol–water partition coefficient (Wildman–Crippen LogP) is 3.38. The van der Waals surface area contributed by atoms with Crippen molar-refractivity contribution in [1.29, 1.82) is 0 Å². The van der Waals surface area contributed by atoms with Gasteiger partial charge in [-0.15, -0.1) is 0 Å². The third kappa shape index (κ3) is 4.39. The fourth-order valence-electron chi connectivity index (χ4n) is 4.45. The zero-order valence-electron chi connectivity index (χ0n) is 19.6. The highest BCUT2D eigenvalue weighted by Gasteiger charge is 2.22. The van der Waals surface area contributed by atoms with Crippen LogP contribution in [0, 0.1) is 13.8 Å². The summed E-state index contributed by atoms with van der Waals surface area (Å²) < 4.78 is 1.83. The van der Waals surface area contributed by atoms with Crippen molar-refractivity contribution in [2.45, 2.75) is 33.4 Å². The van der Waals surface area contributed by atoms with E-state index in [1.165, 1.54) is 5.56 Å². The summed E-state index contributed by atoms with van der Waals surface area (Å²) in [4.78, 5) is 28.4. The van der Waals surface area contributed by atoms with Gasteiger partial charge in [-0.1, -0.05) is 6.07 Å². The first-order valence-electron chi connectivity index (χ1n) is 11.3. The molecule has 5 heterocycles. The van der Waals surface area contributed by atoms with Gasteiger partial charge in [0.05, 0.1) is 11.3 Å². The number of carbonyl (C=O) groups excluding carboxylic acids is 1. The minimum atomic E-state index is -0.143. The number of aromatic nitrogens is 5. The minimum Gasteiger partial charge on any atom is -0.352 e. The first-order valence-corrected chi connectivity index (χ1v) is 11.3. The molecule has 4 aromatic rings. The van der Waals surface area contributed by atoms with Crippen LogP contribution in [0.1, 0.15) is 38.4 Å². The minimum absolute atomic E-state index is 0.143. The molecule has 0 atom stereocenters. The molecule has 0 aliphatic carbocycles. The molecule has 0 fully saturated rings. The molecular formula is C26H27N7O. The molecule has 0 aromatic carbocycles. The van der Waals surface area contributed by atoms with Gasteiger partial charge in [0, 0.05) is 80.9 Å². The number of carbonyl (C=O) groups is 1. The van der Waals surface area contributed by atoms with E-state index in [2.05, 4.69) is 31.3 Å². The Morgan fingerprint density at radius 1 is 1.15 bits per heavy atom. The standard InChI is InChI=1S/C26H27N7O/c1-17-9-21(26(34)30-12-19-5-4-7-27-11-19)14-29-25(17)33-8-6-24-22(15-33)10-20(13-28-24)23-16-32(3)31-18(23)2/h4-5,7,9-11,13-14,16H,6,8,12,15H2,1-3H3,(H,30,34). The third-order valence-electron chi connectivity index (χ3n) is 6.15. The van der Waals surface area contributed by atoms with Crippen LogP contribution in [0.15, 0.2) is 55.2 Å². The van der Waals surface area contributed by atoms with E-state index in [1.807, 2.05) is 56.2 Å². The summed E-state index contributed by atoms with van der Waals surface area (Å²) >= 11 is 0. The SMILES string of the molecule is Cc1cc(C(=O)NCc2cccnc2)cnc1N1CCc2ncc(-c3cn(C)nc3C)cc2C1. The van der Waals surface area contributed by atoms with Crippen LogP contribution in [0.5, 0.6) is 0 Å². The number of aryl methyl sites for hydroxylation is 3. The van der Waals surface area contributed by atoms with Gasteiger partial charge in [0.2, 0.25) is 0 Å². The molecule has 0 spiro atoms. The van der Waals surface area contributed by atoms with Crippen LogP contribution in [0.3, 0.4) is 0 Å². The van der Waals surface area contributed by atoms with E-state index in [1.54, 1.807) is 18.6 Å². The summed E-state index contributed by atoms with van der Waals surface area (Å²) in [5, 5.41) is 7.39. The second-order valence-electron chi connectivity index (χ2n) is 8.71. The van der Waals surface area contributed by atoms with Gasteiger partial charge in [-0.2, -0.15) is 5.10 Å². The van der Waals surface area contributed by atoms with Gasteiger partial charge in [-0.05, 0) is 48.7 Å². The number of amides is 1. The Kier molecular flexibility index (Phi) is 5.79. The molecule has 172 valence electrons. The Morgan fingerprint density at radius 3 is 2.76 bits per heavy atom. The fourth-order valence-corrected chi connectivity index (χ4v) is 4.45. The third-order valence-corrected chi connectivity index (χ3v) is 6.15. The molecule has 8 heteroatoms. The topological polar surface area (TPSA) is 88.8 Å². The molecule has 8 nitrogen and oxygen atoms in total. The first kappa shape index (κ1) is 21.8. The maximum Gasteiger partial charge on any atom is 0.253 e. The predicted molar refractivity (Wildman–Crippen MR) is 130 cm³/mol. The molecule has 0 bridgehead atoms. The van der Waals surface area contributed by atoms with Gasteiger partial charge in [0.1, 0.15) is 5.82 Å². The van der Waals surface area contributed by atoms with E-state index in [0.717, 1.165) is 59.0 Å². The zero-order valence-corrected chi connectivity index (χ0v) is 19.6.